The van der Waals surface area contributed by atoms with Crippen LogP contribution in [0.15, 0.2) is 95.6 Å². The smallest absolute Gasteiger partial charge is 0.378 e. The molecule has 5 aromatic rings. The van der Waals surface area contributed by atoms with E-state index in [4.69, 9.17) is 5.10 Å². The summed E-state index contributed by atoms with van der Waals surface area (Å²) in [6.07, 6.45) is -0.0983. The summed E-state index contributed by atoms with van der Waals surface area (Å²) in [5.41, 5.74) is 6.40. The topological polar surface area (TPSA) is 69.3 Å². The average Bonchev–Trinajstić information content (AvgIpc) is 3.74. The number of nitrogens with zero attached hydrogens (tertiary/aromatic N) is 7. The molecule has 1 aliphatic carbocycles. The summed E-state index contributed by atoms with van der Waals surface area (Å²) in [4.78, 5) is 23.1. The molecule has 7 rings (SSSR count). The number of anilines is 2. The Morgan fingerprint density at radius 2 is 1.52 bits per heavy atom. The van der Waals surface area contributed by atoms with Crippen molar-refractivity contribution >= 4 is 34.7 Å². The number of hydrogen-bond donors (Lipinski definition) is 0. The Bertz CT molecular complexity index is 2160. The molecule has 52 heavy (non-hydrogen) atoms. The molecule has 0 radical (unpaired) electrons. The van der Waals surface area contributed by atoms with Crippen molar-refractivity contribution in [1.82, 2.24) is 19.6 Å². The van der Waals surface area contributed by atoms with E-state index in [2.05, 4.69) is 54.3 Å². The number of rotatable bonds is 7. The minimum atomic E-state index is -4.75. The zero-order valence-corrected chi connectivity index (χ0v) is 30.2. The van der Waals surface area contributed by atoms with E-state index in [0.717, 1.165) is 69.2 Å². The molecule has 0 spiro atoms. The number of carbonyl (C=O) groups excluding carboxylic acids is 1. The molecule has 2 atom stereocenters. The van der Waals surface area contributed by atoms with Crippen LogP contribution in [0.5, 0.6) is 0 Å². The molecule has 8 nitrogen and oxygen atoms in total. The fraction of sp³-hybridized carbons (Fsp3) is 0.317. The number of halogens is 3. The molecule has 3 heterocycles. The van der Waals surface area contributed by atoms with Gasteiger partial charge in [0.25, 0.3) is 5.91 Å². The zero-order valence-electron chi connectivity index (χ0n) is 30.2. The molecule has 1 fully saturated rings. The number of amides is 1. The van der Waals surface area contributed by atoms with Crippen molar-refractivity contribution in [2.75, 3.05) is 38.0 Å². The lowest BCUT2D eigenvalue weighted by Crippen LogP contribution is -2.32. The lowest BCUT2D eigenvalue weighted by molar-refractivity contribution is -0.142. The largest absolute Gasteiger partial charge is 0.433 e. The van der Waals surface area contributed by atoms with Crippen LogP contribution in [-0.4, -0.2) is 59.4 Å². The summed E-state index contributed by atoms with van der Waals surface area (Å²) >= 11 is 0. The van der Waals surface area contributed by atoms with Gasteiger partial charge in [0.15, 0.2) is 17.0 Å². The van der Waals surface area contributed by atoms with Crippen molar-refractivity contribution in [2.24, 2.45) is 11.0 Å². The minimum absolute atomic E-state index is 0.0704. The van der Waals surface area contributed by atoms with Gasteiger partial charge in [0.2, 0.25) is 0 Å². The van der Waals surface area contributed by atoms with E-state index in [-0.39, 0.29) is 28.9 Å². The Hall–Kier alpha value is -5.45. The number of hydrogen-bond acceptors (Lipinski definition) is 6. The van der Waals surface area contributed by atoms with Gasteiger partial charge in [-0.15, -0.1) is 0 Å². The van der Waals surface area contributed by atoms with Crippen LogP contribution in [0.3, 0.4) is 0 Å². The molecule has 0 saturated heterocycles. The quantitative estimate of drug-likeness (QED) is 0.169. The van der Waals surface area contributed by atoms with Gasteiger partial charge in [-0.25, -0.2) is 14.5 Å². The molecule has 1 amide bonds. The number of benzene rings is 3. The lowest BCUT2D eigenvalue weighted by atomic mass is 9.77. The summed E-state index contributed by atoms with van der Waals surface area (Å²) in [5.74, 6) is -0.413. The number of aromatic nitrogens is 3. The van der Waals surface area contributed by atoms with Crippen LogP contribution in [-0.2, 0) is 6.18 Å². The van der Waals surface area contributed by atoms with Gasteiger partial charge in [0, 0.05) is 57.1 Å². The van der Waals surface area contributed by atoms with E-state index in [1.165, 1.54) is 11.1 Å². The van der Waals surface area contributed by atoms with Gasteiger partial charge in [0.1, 0.15) is 0 Å². The first-order valence-corrected chi connectivity index (χ1v) is 17.5. The van der Waals surface area contributed by atoms with Gasteiger partial charge >= 0.3 is 6.18 Å². The van der Waals surface area contributed by atoms with E-state index in [0.29, 0.717) is 5.56 Å². The van der Waals surface area contributed by atoms with Crippen LogP contribution < -0.4 is 9.80 Å². The molecular formula is C41H42F3N7O. The van der Waals surface area contributed by atoms with Crippen molar-refractivity contribution in [3.05, 3.63) is 119 Å². The summed E-state index contributed by atoms with van der Waals surface area (Å²) < 4.78 is 44.3. The second-order valence-electron chi connectivity index (χ2n) is 14.3. The summed E-state index contributed by atoms with van der Waals surface area (Å²) in [5, 5.41) is 10.6. The number of alkyl halides is 3. The van der Waals surface area contributed by atoms with Crippen molar-refractivity contribution < 1.29 is 18.0 Å². The highest BCUT2D eigenvalue weighted by Crippen LogP contribution is 2.45. The first-order chi connectivity index (χ1) is 24.8. The average molecular weight is 706 g/mol. The van der Waals surface area contributed by atoms with Gasteiger partial charge in [-0.1, -0.05) is 62.4 Å². The normalized spacial score (nSPS) is 18.2. The Morgan fingerprint density at radius 1 is 0.885 bits per heavy atom. The molecule has 0 bridgehead atoms. The molecule has 2 aromatic heterocycles. The second kappa shape index (κ2) is 13.6. The van der Waals surface area contributed by atoms with Crippen LogP contribution in [0.25, 0.3) is 23.0 Å². The third kappa shape index (κ3) is 6.67. The van der Waals surface area contributed by atoms with Crippen molar-refractivity contribution in [3.63, 3.8) is 0 Å². The van der Waals surface area contributed by atoms with Gasteiger partial charge in [-0.05, 0) is 83.9 Å². The van der Waals surface area contributed by atoms with E-state index < -0.39 is 23.8 Å². The Kier molecular flexibility index (Phi) is 9.14. The minimum Gasteiger partial charge on any atom is -0.378 e. The van der Waals surface area contributed by atoms with Crippen molar-refractivity contribution in [3.8, 4) is 11.3 Å². The van der Waals surface area contributed by atoms with E-state index >= 15 is 0 Å². The van der Waals surface area contributed by atoms with Crippen molar-refractivity contribution in [2.45, 2.75) is 51.2 Å². The maximum Gasteiger partial charge on any atom is 0.433 e. The molecular weight excluding hydrogens is 663 g/mol. The molecule has 11 heteroatoms. The SMILES string of the molecule is CC(C)c1ccc(-c2cc(C(F)(F)F)n3nc(C(=O)N4N=C5/C(=C/c6ccc(N(C)C)cc6)CCC[C@H]5[C@@H]4c4ccc(N(C)C)cc4)cc3n2)cc1. The maximum absolute atomic E-state index is 14.5. The molecule has 2 aliphatic rings. The Balaban J connectivity index is 1.31. The standard InChI is InChI=1S/C41H42F3N7O/c1-25(2)27-12-14-28(15-13-27)34-23-36(41(42,43)44)50-37(45-34)24-35(46-50)40(52)51-39(29-16-20-32(21-17-29)49(5)6)33-9-7-8-30(38(33)47-51)22-26-10-18-31(19-11-26)48(3)4/h10-25,33,39H,7-9H2,1-6H3/b30-22+/t33-,39+/m1/s1. The number of fused-ring (bicyclic) bond motifs is 2. The Morgan fingerprint density at radius 3 is 2.12 bits per heavy atom. The summed E-state index contributed by atoms with van der Waals surface area (Å²) in [6.45, 7) is 4.10. The second-order valence-corrected chi connectivity index (χ2v) is 14.3. The third-order valence-corrected chi connectivity index (χ3v) is 10.0. The Labute approximate surface area is 301 Å². The maximum atomic E-state index is 14.5. The number of carbonyl (C=O) groups is 1. The molecule has 0 unspecified atom stereocenters. The highest BCUT2D eigenvalue weighted by atomic mass is 19.4. The van der Waals surface area contributed by atoms with Crippen molar-refractivity contribution in [1.29, 1.82) is 0 Å². The van der Waals surface area contributed by atoms with Crippen LogP contribution in [0.1, 0.15) is 77.9 Å². The molecule has 3 aromatic carbocycles. The van der Waals surface area contributed by atoms with Gasteiger partial charge in [-0.2, -0.15) is 23.4 Å². The zero-order chi connectivity index (χ0) is 36.9. The number of hydrazone groups is 1. The summed E-state index contributed by atoms with van der Waals surface area (Å²) in [7, 11) is 7.92. The van der Waals surface area contributed by atoms with Gasteiger partial charge in [-0.3, -0.25) is 4.79 Å². The molecule has 1 saturated carbocycles. The monoisotopic (exact) mass is 705 g/mol. The summed E-state index contributed by atoms with van der Waals surface area (Å²) in [6, 6.07) is 25.4. The van der Waals surface area contributed by atoms with E-state index in [1.54, 1.807) is 12.1 Å². The first kappa shape index (κ1) is 35.0. The predicted octanol–water partition coefficient (Wildman–Crippen LogP) is 9.11. The van der Waals surface area contributed by atoms with Crippen LogP contribution >= 0.6 is 0 Å². The van der Waals surface area contributed by atoms with Gasteiger partial charge in [0.05, 0.1) is 17.4 Å². The highest BCUT2D eigenvalue weighted by Gasteiger charge is 2.45. The molecule has 0 N–H and O–H groups in total. The van der Waals surface area contributed by atoms with Crippen LogP contribution in [0.2, 0.25) is 0 Å². The lowest BCUT2D eigenvalue weighted by Gasteiger charge is -2.29. The molecule has 268 valence electrons. The number of allylic oxidation sites excluding steroid dienone is 1. The third-order valence-electron chi connectivity index (χ3n) is 10.0. The fourth-order valence-electron chi connectivity index (χ4n) is 7.13. The van der Waals surface area contributed by atoms with E-state index in [1.807, 2.05) is 74.4 Å². The van der Waals surface area contributed by atoms with E-state index in [9.17, 15) is 18.0 Å². The fourth-order valence-corrected chi connectivity index (χ4v) is 7.13. The molecule has 1 aliphatic heterocycles. The van der Waals surface area contributed by atoms with Gasteiger partial charge < -0.3 is 9.80 Å². The van der Waals surface area contributed by atoms with Crippen LogP contribution in [0.4, 0.5) is 24.5 Å². The highest BCUT2D eigenvalue weighted by molar-refractivity contribution is 6.09. The van der Waals surface area contributed by atoms with Crippen LogP contribution in [0, 0.1) is 5.92 Å². The predicted molar refractivity (Wildman–Crippen MR) is 201 cm³/mol. The first-order valence-electron chi connectivity index (χ1n) is 17.5.